The number of rotatable bonds is 7. The summed E-state index contributed by atoms with van der Waals surface area (Å²) in [4.78, 5) is 12.5. The Morgan fingerprint density at radius 1 is 1.17 bits per heavy atom. The quantitative estimate of drug-likeness (QED) is 0.431. The van der Waals surface area contributed by atoms with Crippen LogP contribution in [0.15, 0.2) is 69.9 Å². The Labute approximate surface area is 175 Å². The van der Waals surface area contributed by atoms with E-state index in [9.17, 15) is 9.90 Å². The first-order valence-corrected chi connectivity index (χ1v) is 9.66. The van der Waals surface area contributed by atoms with Crippen LogP contribution in [0.4, 0.5) is 0 Å². The molecular weight excluding hydrogens is 380 g/mol. The summed E-state index contributed by atoms with van der Waals surface area (Å²) in [7, 11) is 3.04. The lowest BCUT2D eigenvalue weighted by molar-refractivity contribution is 0.217. The standard InChI is InChI=1S/C25H26O5/c1-6-19(26)22-23(28-4)17(13-12-15(2)3)24-21(25(22)29-5)18(14-20(27)30-24)16-10-8-7-9-11-16/h6-12,14,19,26H,1,13H2,2-5H3. The van der Waals surface area contributed by atoms with Crippen molar-refractivity contribution in [3.05, 3.63) is 82.2 Å². The molecule has 0 saturated carbocycles. The molecule has 0 spiro atoms. The minimum atomic E-state index is -1.03. The van der Waals surface area contributed by atoms with Crippen molar-refractivity contribution < 1.29 is 19.0 Å². The molecule has 1 unspecified atom stereocenters. The van der Waals surface area contributed by atoms with Crippen molar-refractivity contribution in [2.24, 2.45) is 0 Å². The molecule has 0 aliphatic rings. The maximum Gasteiger partial charge on any atom is 0.336 e. The van der Waals surface area contributed by atoms with E-state index in [0.29, 0.717) is 45.6 Å². The SMILES string of the molecule is C=CC(O)c1c(OC)c(CC=C(C)C)c2oc(=O)cc(-c3ccccc3)c2c1OC. The smallest absolute Gasteiger partial charge is 0.336 e. The van der Waals surface area contributed by atoms with Crippen molar-refractivity contribution in [2.45, 2.75) is 26.4 Å². The molecule has 0 amide bonds. The number of ether oxygens (including phenoxy) is 2. The number of hydrogen-bond donors (Lipinski definition) is 1. The second-order valence-electron chi connectivity index (χ2n) is 7.17. The molecular formula is C25H26O5. The number of aliphatic hydroxyl groups is 1. The van der Waals surface area contributed by atoms with Crippen LogP contribution in [0.25, 0.3) is 22.1 Å². The molecule has 0 saturated heterocycles. The van der Waals surface area contributed by atoms with Gasteiger partial charge in [-0.05, 0) is 25.8 Å². The molecule has 1 heterocycles. The largest absolute Gasteiger partial charge is 0.496 e. The summed E-state index contributed by atoms with van der Waals surface area (Å²) in [5.41, 5.74) is 3.64. The fourth-order valence-electron chi connectivity index (χ4n) is 3.60. The van der Waals surface area contributed by atoms with Crippen molar-refractivity contribution >= 4 is 11.0 Å². The van der Waals surface area contributed by atoms with Gasteiger partial charge in [-0.1, -0.05) is 48.1 Å². The van der Waals surface area contributed by atoms with Gasteiger partial charge >= 0.3 is 5.63 Å². The van der Waals surface area contributed by atoms with Crippen LogP contribution in [0.3, 0.4) is 0 Å². The van der Waals surface area contributed by atoms with E-state index in [1.54, 1.807) is 0 Å². The Morgan fingerprint density at radius 3 is 2.40 bits per heavy atom. The molecule has 1 N–H and O–H groups in total. The predicted octanol–water partition coefficient (Wildman–Crippen LogP) is 5.21. The van der Waals surface area contributed by atoms with E-state index in [4.69, 9.17) is 13.9 Å². The number of aliphatic hydroxyl groups excluding tert-OH is 1. The first kappa shape index (κ1) is 21.4. The number of allylic oxidation sites excluding steroid dienone is 2. The van der Waals surface area contributed by atoms with E-state index >= 15 is 0 Å². The molecule has 1 aromatic heterocycles. The third kappa shape index (κ3) is 3.89. The first-order chi connectivity index (χ1) is 14.4. The summed E-state index contributed by atoms with van der Waals surface area (Å²) in [5, 5.41) is 11.4. The zero-order chi connectivity index (χ0) is 21.8. The summed E-state index contributed by atoms with van der Waals surface area (Å²) < 4.78 is 17.1. The molecule has 3 aromatic rings. The number of hydrogen-bond acceptors (Lipinski definition) is 5. The zero-order valence-electron chi connectivity index (χ0n) is 17.7. The molecule has 5 heteroatoms. The Balaban J connectivity index is 2.58. The number of benzene rings is 2. The normalized spacial score (nSPS) is 11.8. The van der Waals surface area contributed by atoms with Crippen molar-refractivity contribution in [2.75, 3.05) is 14.2 Å². The van der Waals surface area contributed by atoms with E-state index < -0.39 is 11.7 Å². The molecule has 0 radical (unpaired) electrons. The van der Waals surface area contributed by atoms with Crippen LogP contribution < -0.4 is 15.1 Å². The molecule has 156 valence electrons. The van der Waals surface area contributed by atoms with Crippen LogP contribution in [0.5, 0.6) is 11.5 Å². The minimum Gasteiger partial charge on any atom is -0.496 e. The fourth-order valence-corrected chi connectivity index (χ4v) is 3.60. The lowest BCUT2D eigenvalue weighted by Gasteiger charge is -2.22. The van der Waals surface area contributed by atoms with E-state index in [2.05, 4.69) is 6.58 Å². The molecule has 0 aliphatic heterocycles. The van der Waals surface area contributed by atoms with Gasteiger partial charge in [0.25, 0.3) is 0 Å². The van der Waals surface area contributed by atoms with Gasteiger partial charge < -0.3 is 19.0 Å². The van der Waals surface area contributed by atoms with Crippen LogP contribution in [0.1, 0.15) is 31.1 Å². The van der Waals surface area contributed by atoms with E-state index in [-0.39, 0.29) is 0 Å². The Bertz CT molecular complexity index is 1150. The van der Waals surface area contributed by atoms with Gasteiger partial charge in [0.1, 0.15) is 23.2 Å². The predicted molar refractivity (Wildman–Crippen MR) is 119 cm³/mol. The Hall–Kier alpha value is -3.31. The summed E-state index contributed by atoms with van der Waals surface area (Å²) in [5.74, 6) is 0.801. The highest BCUT2D eigenvalue weighted by Crippen LogP contribution is 2.47. The molecule has 0 aliphatic carbocycles. The summed E-state index contributed by atoms with van der Waals surface area (Å²) >= 11 is 0. The van der Waals surface area contributed by atoms with Crippen molar-refractivity contribution in [1.82, 2.24) is 0 Å². The molecule has 0 bridgehead atoms. The first-order valence-electron chi connectivity index (χ1n) is 9.66. The Kier molecular flexibility index (Phi) is 6.43. The minimum absolute atomic E-state index is 0.382. The average molecular weight is 406 g/mol. The lowest BCUT2D eigenvalue weighted by atomic mass is 9.92. The maximum absolute atomic E-state index is 12.5. The number of fused-ring (bicyclic) bond motifs is 1. The van der Waals surface area contributed by atoms with Crippen LogP contribution in [0.2, 0.25) is 0 Å². The molecule has 0 fully saturated rings. The van der Waals surface area contributed by atoms with Gasteiger partial charge in [0.2, 0.25) is 0 Å². The van der Waals surface area contributed by atoms with E-state index in [1.165, 1.54) is 26.4 Å². The van der Waals surface area contributed by atoms with Gasteiger partial charge in [-0.15, -0.1) is 6.58 Å². The molecule has 5 nitrogen and oxygen atoms in total. The van der Waals surface area contributed by atoms with Gasteiger partial charge in [0.15, 0.2) is 0 Å². The van der Waals surface area contributed by atoms with Crippen molar-refractivity contribution in [3.8, 4) is 22.6 Å². The van der Waals surface area contributed by atoms with Gasteiger partial charge in [-0.2, -0.15) is 0 Å². The maximum atomic E-state index is 12.5. The highest BCUT2D eigenvalue weighted by Gasteiger charge is 2.28. The van der Waals surface area contributed by atoms with Gasteiger partial charge in [-0.25, -0.2) is 4.79 Å². The molecule has 1 atom stereocenters. The van der Waals surface area contributed by atoms with Gasteiger partial charge in [0.05, 0.1) is 25.2 Å². The van der Waals surface area contributed by atoms with Gasteiger partial charge in [-0.3, -0.25) is 0 Å². The monoisotopic (exact) mass is 406 g/mol. The summed E-state index contributed by atoms with van der Waals surface area (Å²) in [6.07, 6.45) is 2.87. The van der Waals surface area contributed by atoms with E-state index in [1.807, 2.05) is 50.3 Å². The van der Waals surface area contributed by atoms with Crippen molar-refractivity contribution in [3.63, 3.8) is 0 Å². The second kappa shape index (κ2) is 9.01. The van der Waals surface area contributed by atoms with Crippen LogP contribution in [-0.4, -0.2) is 19.3 Å². The second-order valence-corrected chi connectivity index (χ2v) is 7.17. The van der Waals surface area contributed by atoms with Crippen LogP contribution in [-0.2, 0) is 6.42 Å². The number of methoxy groups -OCH3 is 2. The molecule has 30 heavy (non-hydrogen) atoms. The average Bonchev–Trinajstić information content (AvgIpc) is 2.75. The highest BCUT2D eigenvalue weighted by atomic mass is 16.5. The van der Waals surface area contributed by atoms with Crippen LogP contribution >= 0.6 is 0 Å². The fraction of sp³-hybridized carbons (Fsp3) is 0.240. The van der Waals surface area contributed by atoms with E-state index in [0.717, 1.165) is 11.1 Å². The van der Waals surface area contributed by atoms with Crippen molar-refractivity contribution in [1.29, 1.82) is 0 Å². The molecule has 3 rings (SSSR count). The van der Waals surface area contributed by atoms with Crippen LogP contribution in [0, 0.1) is 0 Å². The zero-order valence-corrected chi connectivity index (χ0v) is 17.7. The van der Waals surface area contributed by atoms with Gasteiger partial charge in [0, 0.05) is 17.2 Å². The Morgan fingerprint density at radius 2 is 1.83 bits per heavy atom. The molecule has 2 aromatic carbocycles. The lowest BCUT2D eigenvalue weighted by Crippen LogP contribution is -2.09. The third-order valence-electron chi connectivity index (χ3n) is 4.95. The summed E-state index contributed by atoms with van der Waals surface area (Å²) in [6.45, 7) is 7.70. The third-order valence-corrected chi connectivity index (χ3v) is 4.95. The highest BCUT2D eigenvalue weighted by molar-refractivity contribution is 6.02. The summed E-state index contributed by atoms with van der Waals surface area (Å²) in [6, 6.07) is 11.0. The topological polar surface area (TPSA) is 68.9 Å².